The molecule has 1 fully saturated rings. The van der Waals surface area contributed by atoms with Crippen LogP contribution in [0.2, 0.25) is 0 Å². The van der Waals surface area contributed by atoms with Gasteiger partial charge in [-0.1, -0.05) is 36.4 Å². The summed E-state index contributed by atoms with van der Waals surface area (Å²) >= 11 is 0. The van der Waals surface area contributed by atoms with Crippen molar-refractivity contribution in [3.8, 4) is 0 Å². The lowest BCUT2D eigenvalue weighted by atomic mass is 10.3. The summed E-state index contributed by atoms with van der Waals surface area (Å²) in [7, 11) is -0.778. The fourth-order valence-electron chi connectivity index (χ4n) is 1.92. The van der Waals surface area contributed by atoms with Crippen LogP contribution in [0.25, 0.3) is 0 Å². The Morgan fingerprint density at radius 1 is 0.944 bits per heavy atom. The first kappa shape index (κ1) is 11.5. The van der Waals surface area contributed by atoms with E-state index in [1.807, 2.05) is 24.3 Å². The van der Waals surface area contributed by atoms with E-state index in [0.29, 0.717) is 0 Å². The molecule has 2 aromatic carbocycles. The van der Waals surface area contributed by atoms with Crippen LogP contribution in [0.15, 0.2) is 60.7 Å². The molecule has 4 heteroatoms. The highest BCUT2D eigenvalue weighted by Gasteiger charge is 2.26. The normalized spacial score (nSPS) is 18.9. The maximum absolute atomic E-state index is 5.80. The molecule has 1 N–H and O–H groups in total. The third-order valence-electron chi connectivity index (χ3n) is 2.79. The minimum Gasteiger partial charge on any atom is -0.325 e. The molecule has 0 saturated carbocycles. The Kier molecular flexibility index (Phi) is 3.44. The lowest BCUT2D eigenvalue weighted by Gasteiger charge is -2.24. The van der Waals surface area contributed by atoms with Gasteiger partial charge in [-0.3, -0.25) is 0 Å². The van der Waals surface area contributed by atoms with Crippen LogP contribution in [0, 0.1) is 0 Å². The molecule has 0 amide bonds. The van der Waals surface area contributed by atoms with E-state index >= 15 is 0 Å². The molecule has 1 unspecified atom stereocenters. The third kappa shape index (κ3) is 2.47. The minimum absolute atomic E-state index is 0.778. The Morgan fingerprint density at radius 3 is 2.33 bits per heavy atom. The van der Waals surface area contributed by atoms with Crippen LogP contribution in [-0.4, -0.2) is 13.2 Å². The van der Waals surface area contributed by atoms with Gasteiger partial charge < -0.3 is 14.3 Å². The number of nitrogens with one attached hydrogen (secondary N) is 1. The molecule has 1 heterocycles. The first-order chi connectivity index (χ1) is 8.93. The number of hydrogen-bond donors (Lipinski definition) is 1. The second kappa shape index (κ2) is 5.38. The average molecular weight is 258 g/mol. The number of para-hydroxylation sites is 2. The number of benzene rings is 2. The smallest absolute Gasteiger partial charge is 0.245 e. The fourth-order valence-corrected chi connectivity index (χ4v) is 3.48. The summed E-state index contributed by atoms with van der Waals surface area (Å²) in [6.45, 7) is 1.72. The molecule has 0 bridgehead atoms. The quantitative estimate of drug-likeness (QED) is 0.846. The molecular formula is C14H15N2OP. The summed E-state index contributed by atoms with van der Waals surface area (Å²) in [4.78, 5) is 0. The van der Waals surface area contributed by atoms with Gasteiger partial charge >= 0.3 is 0 Å². The Bertz CT molecular complexity index is 492. The zero-order chi connectivity index (χ0) is 12.2. The summed E-state index contributed by atoms with van der Waals surface area (Å²) in [6, 6.07) is 20.6. The Morgan fingerprint density at radius 2 is 1.61 bits per heavy atom. The first-order valence-corrected chi connectivity index (χ1v) is 7.22. The van der Waals surface area contributed by atoms with Gasteiger partial charge in [0.2, 0.25) is 8.45 Å². The molecule has 0 radical (unpaired) electrons. The van der Waals surface area contributed by atoms with Crippen LogP contribution in [0.3, 0.4) is 0 Å². The van der Waals surface area contributed by atoms with Crippen molar-refractivity contribution in [1.82, 2.24) is 0 Å². The van der Waals surface area contributed by atoms with E-state index in [1.165, 1.54) is 5.69 Å². The number of hydrogen-bond acceptors (Lipinski definition) is 3. The van der Waals surface area contributed by atoms with Crippen molar-refractivity contribution in [3.05, 3.63) is 60.7 Å². The van der Waals surface area contributed by atoms with Gasteiger partial charge in [0.15, 0.2) is 0 Å². The number of nitrogens with zero attached hydrogens (tertiary/aromatic N) is 1. The number of rotatable bonds is 3. The maximum Gasteiger partial charge on any atom is 0.245 e. The zero-order valence-electron chi connectivity index (χ0n) is 9.99. The van der Waals surface area contributed by atoms with Gasteiger partial charge in [-0.05, 0) is 24.3 Å². The van der Waals surface area contributed by atoms with Crippen LogP contribution < -0.4 is 9.76 Å². The molecule has 0 aliphatic carbocycles. The predicted molar refractivity (Wildman–Crippen MR) is 76.7 cm³/mol. The second-order valence-electron chi connectivity index (χ2n) is 4.04. The van der Waals surface area contributed by atoms with Gasteiger partial charge in [0.25, 0.3) is 0 Å². The molecule has 1 atom stereocenters. The minimum atomic E-state index is -0.778. The maximum atomic E-state index is 5.80. The summed E-state index contributed by atoms with van der Waals surface area (Å²) in [5.41, 5.74) is 2.32. The Labute approximate surface area is 108 Å². The summed E-state index contributed by atoms with van der Waals surface area (Å²) in [5, 5.41) is 3.46. The third-order valence-corrected chi connectivity index (χ3v) is 4.53. The van der Waals surface area contributed by atoms with Gasteiger partial charge in [0, 0.05) is 17.9 Å². The van der Waals surface area contributed by atoms with Gasteiger partial charge in [-0.25, -0.2) is 0 Å². The van der Waals surface area contributed by atoms with Crippen molar-refractivity contribution < 1.29 is 4.52 Å². The monoisotopic (exact) mass is 258 g/mol. The average Bonchev–Trinajstić information content (AvgIpc) is 2.89. The largest absolute Gasteiger partial charge is 0.325 e. The van der Waals surface area contributed by atoms with E-state index in [9.17, 15) is 0 Å². The van der Waals surface area contributed by atoms with Crippen LogP contribution >= 0.6 is 8.45 Å². The lowest BCUT2D eigenvalue weighted by molar-refractivity contribution is 0.400. The summed E-state index contributed by atoms with van der Waals surface area (Å²) in [5.74, 6) is 0. The van der Waals surface area contributed by atoms with E-state index in [-0.39, 0.29) is 0 Å². The standard InChI is InChI=1S/C14H15N2OP/c1-3-7-13(8-4-1)15-18-16(11-12-17-18)14-9-5-2-6-10-14/h1-10,15H,11-12H2. The first-order valence-electron chi connectivity index (χ1n) is 6.01. The highest BCUT2D eigenvalue weighted by molar-refractivity contribution is 7.56. The van der Waals surface area contributed by atoms with Crippen molar-refractivity contribution in [2.45, 2.75) is 0 Å². The van der Waals surface area contributed by atoms with E-state index in [1.54, 1.807) is 0 Å². The van der Waals surface area contributed by atoms with Crippen LogP contribution in [0.1, 0.15) is 0 Å². The molecule has 3 nitrogen and oxygen atoms in total. The van der Waals surface area contributed by atoms with Gasteiger partial charge in [-0.15, -0.1) is 0 Å². The van der Waals surface area contributed by atoms with E-state index in [0.717, 1.165) is 18.8 Å². The number of anilines is 2. The second-order valence-corrected chi connectivity index (χ2v) is 5.55. The van der Waals surface area contributed by atoms with Gasteiger partial charge in [0.1, 0.15) is 0 Å². The molecule has 2 aromatic rings. The topological polar surface area (TPSA) is 24.5 Å². The fraction of sp³-hybridized carbons (Fsp3) is 0.143. The highest BCUT2D eigenvalue weighted by Crippen LogP contribution is 2.48. The van der Waals surface area contributed by atoms with Crippen molar-refractivity contribution in [2.75, 3.05) is 22.9 Å². The Balaban J connectivity index is 1.76. The lowest BCUT2D eigenvalue weighted by Crippen LogP contribution is -2.15. The van der Waals surface area contributed by atoms with Crippen molar-refractivity contribution in [1.29, 1.82) is 0 Å². The molecule has 0 aromatic heterocycles. The van der Waals surface area contributed by atoms with E-state index < -0.39 is 8.45 Å². The van der Waals surface area contributed by atoms with Gasteiger partial charge in [0.05, 0.1) is 6.61 Å². The van der Waals surface area contributed by atoms with Crippen LogP contribution in [0.4, 0.5) is 11.4 Å². The Hall–Kier alpha value is -1.57. The van der Waals surface area contributed by atoms with Crippen molar-refractivity contribution in [2.24, 2.45) is 0 Å². The molecular weight excluding hydrogens is 243 g/mol. The summed E-state index contributed by atoms with van der Waals surface area (Å²) < 4.78 is 8.10. The SMILES string of the molecule is c1ccc(NP2OCCN2c2ccccc2)cc1. The molecule has 3 rings (SSSR count). The molecule has 1 aliphatic heterocycles. The van der Waals surface area contributed by atoms with Gasteiger partial charge in [-0.2, -0.15) is 0 Å². The molecule has 1 saturated heterocycles. The summed E-state index contributed by atoms with van der Waals surface area (Å²) in [6.07, 6.45) is 0. The van der Waals surface area contributed by atoms with E-state index in [2.05, 4.69) is 46.2 Å². The predicted octanol–water partition coefficient (Wildman–Crippen LogP) is 3.86. The van der Waals surface area contributed by atoms with E-state index in [4.69, 9.17) is 4.52 Å². The molecule has 18 heavy (non-hydrogen) atoms. The molecule has 0 spiro atoms. The molecule has 1 aliphatic rings. The van der Waals surface area contributed by atoms with Crippen molar-refractivity contribution >= 4 is 19.8 Å². The van der Waals surface area contributed by atoms with Crippen LogP contribution in [0.5, 0.6) is 0 Å². The van der Waals surface area contributed by atoms with Crippen LogP contribution in [-0.2, 0) is 4.52 Å². The zero-order valence-corrected chi connectivity index (χ0v) is 10.9. The van der Waals surface area contributed by atoms with Crippen molar-refractivity contribution in [3.63, 3.8) is 0 Å². The molecule has 92 valence electrons. The highest BCUT2D eigenvalue weighted by atomic mass is 31.2.